The van der Waals surface area contributed by atoms with Crippen LogP contribution in [0.5, 0.6) is 0 Å². The van der Waals surface area contributed by atoms with Crippen LogP contribution >= 0.6 is 23.2 Å². The number of aliphatic carboxylic acids is 1. The first kappa shape index (κ1) is 26.0. The molecule has 1 unspecified atom stereocenters. The molecule has 0 bridgehead atoms. The summed E-state index contributed by atoms with van der Waals surface area (Å²) in [5, 5.41) is 12.3. The molecule has 0 spiro atoms. The van der Waals surface area contributed by atoms with Crippen LogP contribution in [0.3, 0.4) is 0 Å². The van der Waals surface area contributed by atoms with E-state index in [-0.39, 0.29) is 28.6 Å². The highest BCUT2D eigenvalue weighted by atomic mass is 35.5. The number of halogens is 5. The van der Waals surface area contributed by atoms with Gasteiger partial charge in [0.25, 0.3) is 0 Å². The molecule has 0 saturated heterocycles. The number of alkyl halides is 3. The summed E-state index contributed by atoms with van der Waals surface area (Å²) in [5.41, 5.74) is 0.104. The van der Waals surface area contributed by atoms with Crippen molar-refractivity contribution in [1.82, 2.24) is 0 Å². The van der Waals surface area contributed by atoms with E-state index < -0.39 is 35.8 Å². The summed E-state index contributed by atoms with van der Waals surface area (Å²) in [6.45, 7) is 5.52. The summed E-state index contributed by atoms with van der Waals surface area (Å²) in [6.07, 6.45) is -6.10. The number of carbonyl (C=O) groups excluding carboxylic acids is 1. The Bertz CT molecular complexity index is 977. The number of hydrogen-bond donors (Lipinski definition) is 2. The van der Waals surface area contributed by atoms with Crippen LogP contribution in [0, 0.1) is 5.92 Å². The molecule has 9 heteroatoms. The Morgan fingerprint density at radius 2 is 1.66 bits per heavy atom. The summed E-state index contributed by atoms with van der Waals surface area (Å²) in [5.74, 6) is -3.46. The molecule has 0 aliphatic carbocycles. The highest BCUT2D eigenvalue weighted by Crippen LogP contribution is 2.39. The number of hydrogen-bond acceptors (Lipinski definition) is 2. The van der Waals surface area contributed by atoms with Crippen LogP contribution in [-0.2, 0) is 15.0 Å². The highest BCUT2D eigenvalue weighted by molar-refractivity contribution is 6.33. The third-order valence-electron chi connectivity index (χ3n) is 5.70. The molecule has 2 rings (SSSR count). The molecule has 0 fully saturated rings. The van der Waals surface area contributed by atoms with Gasteiger partial charge in [0.15, 0.2) is 0 Å². The first-order chi connectivity index (χ1) is 14.7. The number of nitrogens with one attached hydrogen (secondary N) is 1. The predicted molar refractivity (Wildman–Crippen MR) is 119 cm³/mol. The zero-order valence-corrected chi connectivity index (χ0v) is 19.3. The number of benzene rings is 2. The number of carboxylic acids is 1. The van der Waals surface area contributed by atoms with Gasteiger partial charge in [0.1, 0.15) is 0 Å². The minimum atomic E-state index is -4.58. The SMILES string of the molecule is CC(C)C(C)(CC(=O)O)c1ccc(Cl)c(NC(=O)[C@@H](CC(F)(F)F)c2ccc(Cl)cc2)c1. The maximum Gasteiger partial charge on any atom is 0.390 e. The third-order valence-corrected chi connectivity index (χ3v) is 6.28. The van der Waals surface area contributed by atoms with E-state index in [1.807, 2.05) is 13.8 Å². The zero-order chi connectivity index (χ0) is 24.3. The van der Waals surface area contributed by atoms with E-state index >= 15 is 0 Å². The molecule has 2 N–H and O–H groups in total. The largest absolute Gasteiger partial charge is 0.481 e. The summed E-state index contributed by atoms with van der Waals surface area (Å²) in [6, 6.07) is 10.3. The fraction of sp³-hybridized carbons (Fsp3) is 0.391. The monoisotopic (exact) mass is 489 g/mol. The van der Waals surface area contributed by atoms with Gasteiger partial charge in [0.2, 0.25) is 5.91 Å². The molecule has 1 amide bonds. The maximum absolute atomic E-state index is 13.2. The standard InChI is InChI=1S/C23H24Cl2F3NO3/c1-13(2)22(3,12-20(30)31)15-6-9-18(25)19(10-15)29-21(32)17(11-23(26,27)28)14-4-7-16(24)8-5-14/h4-10,13,17H,11-12H2,1-3H3,(H,29,32)(H,30,31)/t17-,22?/m0/s1. The van der Waals surface area contributed by atoms with Crippen molar-refractivity contribution in [2.45, 2.75) is 51.1 Å². The molecule has 32 heavy (non-hydrogen) atoms. The average Bonchev–Trinajstić information content (AvgIpc) is 2.67. The Balaban J connectivity index is 2.42. The molecule has 0 aromatic heterocycles. The Hall–Kier alpha value is -2.25. The number of amides is 1. The van der Waals surface area contributed by atoms with Gasteiger partial charge in [-0.05, 0) is 41.3 Å². The lowest BCUT2D eigenvalue weighted by molar-refractivity contribution is -0.146. The molecule has 0 aliphatic heterocycles. The Kier molecular flexibility index (Phi) is 8.23. The minimum Gasteiger partial charge on any atom is -0.481 e. The van der Waals surface area contributed by atoms with Crippen molar-refractivity contribution in [2.75, 3.05) is 5.32 Å². The fourth-order valence-electron chi connectivity index (χ4n) is 3.44. The lowest BCUT2D eigenvalue weighted by Crippen LogP contribution is -2.32. The normalized spacial score (nSPS) is 14.7. The van der Waals surface area contributed by atoms with Crippen LogP contribution in [0.15, 0.2) is 42.5 Å². The summed E-state index contributed by atoms with van der Waals surface area (Å²) in [4.78, 5) is 24.3. The van der Waals surface area contributed by atoms with Crippen molar-refractivity contribution in [2.24, 2.45) is 5.92 Å². The van der Waals surface area contributed by atoms with Crippen LogP contribution < -0.4 is 5.32 Å². The second-order valence-corrected chi connectivity index (χ2v) is 9.09. The Labute approximate surface area is 194 Å². The molecule has 0 radical (unpaired) electrons. The zero-order valence-electron chi connectivity index (χ0n) is 17.8. The average molecular weight is 490 g/mol. The van der Waals surface area contributed by atoms with Gasteiger partial charge in [-0.1, -0.05) is 62.2 Å². The number of carbonyl (C=O) groups is 2. The lowest BCUT2D eigenvalue weighted by atomic mass is 9.71. The van der Waals surface area contributed by atoms with Crippen LogP contribution in [0.2, 0.25) is 10.0 Å². The molecular weight excluding hydrogens is 466 g/mol. The Morgan fingerprint density at radius 3 is 2.16 bits per heavy atom. The molecule has 2 aromatic rings. The van der Waals surface area contributed by atoms with Gasteiger partial charge < -0.3 is 10.4 Å². The predicted octanol–water partition coefficient (Wildman–Crippen LogP) is 7.06. The molecule has 4 nitrogen and oxygen atoms in total. The van der Waals surface area contributed by atoms with Crippen LogP contribution in [0.25, 0.3) is 0 Å². The van der Waals surface area contributed by atoms with E-state index in [0.717, 1.165) is 0 Å². The van der Waals surface area contributed by atoms with E-state index in [9.17, 15) is 27.9 Å². The van der Waals surface area contributed by atoms with Crippen LogP contribution in [0.1, 0.15) is 50.7 Å². The summed E-state index contributed by atoms with van der Waals surface area (Å²) >= 11 is 12.0. The van der Waals surface area contributed by atoms with Crippen molar-refractivity contribution in [3.05, 3.63) is 63.6 Å². The first-order valence-corrected chi connectivity index (χ1v) is 10.6. The number of anilines is 1. The van der Waals surface area contributed by atoms with Crippen molar-refractivity contribution in [1.29, 1.82) is 0 Å². The molecule has 0 saturated carbocycles. The van der Waals surface area contributed by atoms with E-state index in [2.05, 4.69) is 5.32 Å². The molecule has 0 aliphatic rings. The third kappa shape index (κ3) is 6.62. The molecular formula is C23H24Cl2F3NO3. The van der Waals surface area contributed by atoms with Crippen molar-refractivity contribution in [3.8, 4) is 0 Å². The molecule has 0 heterocycles. The van der Waals surface area contributed by atoms with Gasteiger partial charge in [-0.15, -0.1) is 0 Å². The van der Waals surface area contributed by atoms with E-state index in [1.54, 1.807) is 13.0 Å². The van der Waals surface area contributed by atoms with Gasteiger partial charge in [-0.3, -0.25) is 9.59 Å². The topological polar surface area (TPSA) is 66.4 Å². The van der Waals surface area contributed by atoms with E-state index in [1.165, 1.54) is 36.4 Å². The van der Waals surface area contributed by atoms with E-state index in [4.69, 9.17) is 23.2 Å². The fourth-order valence-corrected chi connectivity index (χ4v) is 3.73. The lowest BCUT2D eigenvalue weighted by Gasteiger charge is -2.33. The van der Waals surface area contributed by atoms with Gasteiger partial charge in [0.05, 0.1) is 29.5 Å². The second-order valence-electron chi connectivity index (χ2n) is 8.25. The molecule has 174 valence electrons. The van der Waals surface area contributed by atoms with Crippen molar-refractivity contribution >= 4 is 40.8 Å². The molecule has 2 aromatic carbocycles. The summed E-state index contributed by atoms with van der Waals surface area (Å²) < 4.78 is 39.6. The summed E-state index contributed by atoms with van der Waals surface area (Å²) in [7, 11) is 0. The highest BCUT2D eigenvalue weighted by Gasteiger charge is 2.37. The number of rotatable bonds is 8. The quantitative estimate of drug-likeness (QED) is 0.417. The van der Waals surface area contributed by atoms with Crippen LogP contribution in [0.4, 0.5) is 18.9 Å². The van der Waals surface area contributed by atoms with Gasteiger partial charge in [-0.25, -0.2) is 0 Å². The second kappa shape index (κ2) is 10.1. The first-order valence-electron chi connectivity index (χ1n) is 9.88. The molecule has 2 atom stereocenters. The van der Waals surface area contributed by atoms with Crippen LogP contribution in [-0.4, -0.2) is 23.2 Å². The number of carboxylic acid groups (broad SMARTS) is 1. The Morgan fingerprint density at radius 1 is 1.06 bits per heavy atom. The van der Waals surface area contributed by atoms with Gasteiger partial charge in [-0.2, -0.15) is 13.2 Å². The van der Waals surface area contributed by atoms with E-state index in [0.29, 0.717) is 10.6 Å². The van der Waals surface area contributed by atoms with Crippen molar-refractivity contribution in [3.63, 3.8) is 0 Å². The van der Waals surface area contributed by atoms with Gasteiger partial charge in [0, 0.05) is 10.4 Å². The minimum absolute atomic E-state index is 0.0737. The van der Waals surface area contributed by atoms with Gasteiger partial charge >= 0.3 is 12.1 Å². The smallest absolute Gasteiger partial charge is 0.390 e. The maximum atomic E-state index is 13.2. The van der Waals surface area contributed by atoms with Crippen molar-refractivity contribution < 1.29 is 27.9 Å².